The van der Waals surface area contributed by atoms with Crippen molar-refractivity contribution in [3.8, 4) is 11.5 Å². The molecule has 0 aliphatic rings. The van der Waals surface area contributed by atoms with Crippen LogP contribution in [0.4, 0.5) is 5.82 Å². The van der Waals surface area contributed by atoms with Crippen molar-refractivity contribution in [1.29, 1.82) is 0 Å². The van der Waals surface area contributed by atoms with E-state index in [0.717, 1.165) is 11.3 Å². The molecule has 0 unspecified atom stereocenters. The molecule has 0 aliphatic heterocycles. The number of nitrogens with one attached hydrogen (secondary N) is 1. The van der Waals surface area contributed by atoms with E-state index >= 15 is 0 Å². The predicted octanol–water partition coefficient (Wildman–Crippen LogP) is 1.74. The topological polar surface area (TPSA) is 136 Å². The summed E-state index contributed by atoms with van der Waals surface area (Å²) in [4.78, 5) is 8.80. The van der Waals surface area contributed by atoms with Crippen molar-refractivity contribution < 1.29 is 17.9 Å². The van der Waals surface area contributed by atoms with Gasteiger partial charge in [-0.2, -0.15) is 0 Å². The van der Waals surface area contributed by atoms with Gasteiger partial charge in [0, 0.05) is 18.9 Å². The molecule has 9 nitrogen and oxygen atoms in total. The van der Waals surface area contributed by atoms with E-state index in [9.17, 15) is 8.42 Å². The van der Waals surface area contributed by atoms with E-state index in [1.54, 1.807) is 42.9 Å². The zero-order valence-corrected chi connectivity index (χ0v) is 15.4. The number of nitrogens with two attached hydrogens (primary N) is 1. The molecule has 0 spiro atoms. The van der Waals surface area contributed by atoms with Crippen LogP contribution in [0.5, 0.6) is 0 Å². The molecule has 28 heavy (non-hydrogen) atoms. The van der Waals surface area contributed by atoms with Gasteiger partial charge in [-0.25, -0.2) is 23.5 Å². The van der Waals surface area contributed by atoms with Crippen LogP contribution in [-0.2, 0) is 23.2 Å². The Morgan fingerprint density at radius 1 is 1.14 bits per heavy atom. The summed E-state index contributed by atoms with van der Waals surface area (Å²) < 4.78 is 30.1. The molecular formula is C18H17N5O4S. The van der Waals surface area contributed by atoms with Gasteiger partial charge in [-0.15, -0.1) is 0 Å². The fourth-order valence-corrected chi connectivity index (χ4v) is 3.32. The number of furan rings is 1. The number of imidazole rings is 1. The first-order chi connectivity index (χ1) is 13.5. The largest absolute Gasteiger partial charge is 0.457 e. The second kappa shape index (κ2) is 7.08. The third-order valence-electron chi connectivity index (χ3n) is 4.21. The van der Waals surface area contributed by atoms with Crippen LogP contribution in [-0.4, -0.2) is 27.9 Å². The van der Waals surface area contributed by atoms with Gasteiger partial charge in [0.1, 0.15) is 18.1 Å². The molecule has 10 heteroatoms. The van der Waals surface area contributed by atoms with Crippen LogP contribution in [0, 0.1) is 0 Å². The van der Waals surface area contributed by atoms with Crippen molar-refractivity contribution in [3.05, 3.63) is 66.3 Å². The minimum absolute atomic E-state index is 0.0649. The Balaban J connectivity index is 1.58. The number of hydrogen-bond acceptors (Lipinski definition) is 7. The summed E-state index contributed by atoms with van der Waals surface area (Å²) in [6, 6.07) is 9.77. The molecule has 4 N–H and O–H groups in total. The molecule has 0 aliphatic carbocycles. The number of nitrogens with zero attached hydrogens (tertiary/aromatic N) is 3. The minimum atomic E-state index is -3.71. The molecule has 4 aromatic rings. The van der Waals surface area contributed by atoms with Gasteiger partial charge in [0.05, 0.1) is 11.1 Å². The number of hydrogen-bond donors (Lipinski definition) is 3. The van der Waals surface area contributed by atoms with E-state index in [2.05, 4.69) is 15.3 Å². The molecule has 0 atom stereocenters. The van der Waals surface area contributed by atoms with Crippen LogP contribution in [0.3, 0.4) is 0 Å². The lowest BCUT2D eigenvalue weighted by molar-refractivity contribution is 0.248. The molecule has 0 fully saturated rings. The maximum absolute atomic E-state index is 11.3. The van der Waals surface area contributed by atoms with E-state index in [1.165, 1.54) is 12.1 Å². The standard InChI is InChI=1S/C18H17N5O4S/c19-28(25,26)14-4-1-12(2-5-14)9-21-17-18-22-10-15(23(18)8-7-20-17)16-6-3-13(11-24)27-16/h1-8,10,24H,9,11H2,(H,20,21)(H2,19,25,26). The first-order valence-corrected chi connectivity index (χ1v) is 9.88. The third-order valence-corrected chi connectivity index (χ3v) is 5.14. The van der Waals surface area contributed by atoms with Crippen molar-refractivity contribution in [2.75, 3.05) is 5.32 Å². The maximum atomic E-state index is 11.3. The summed E-state index contributed by atoms with van der Waals surface area (Å²) in [7, 11) is -3.71. The molecule has 1 aromatic carbocycles. The van der Waals surface area contributed by atoms with Crippen molar-refractivity contribution in [3.63, 3.8) is 0 Å². The molecule has 144 valence electrons. The highest BCUT2D eigenvalue weighted by Crippen LogP contribution is 2.25. The zero-order valence-electron chi connectivity index (χ0n) is 14.6. The van der Waals surface area contributed by atoms with Gasteiger partial charge in [-0.3, -0.25) is 4.40 Å². The zero-order chi connectivity index (χ0) is 19.7. The Hall–Kier alpha value is -3.21. The third kappa shape index (κ3) is 3.48. The van der Waals surface area contributed by atoms with Crippen molar-refractivity contribution in [1.82, 2.24) is 14.4 Å². The molecule has 0 saturated heterocycles. The highest BCUT2D eigenvalue weighted by atomic mass is 32.2. The van der Waals surface area contributed by atoms with E-state index in [1.807, 2.05) is 4.40 Å². The lowest BCUT2D eigenvalue weighted by Crippen LogP contribution is -2.12. The van der Waals surface area contributed by atoms with Gasteiger partial charge in [0.2, 0.25) is 10.0 Å². The molecule has 3 aromatic heterocycles. The monoisotopic (exact) mass is 399 g/mol. The van der Waals surface area contributed by atoms with E-state index < -0.39 is 10.0 Å². The normalized spacial score (nSPS) is 11.8. The Morgan fingerprint density at radius 2 is 1.93 bits per heavy atom. The second-order valence-corrected chi connectivity index (χ2v) is 7.64. The average Bonchev–Trinajstić information content (AvgIpc) is 3.32. The number of aliphatic hydroxyl groups is 1. The second-order valence-electron chi connectivity index (χ2n) is 6.08. The number of benzene rings is 1. The molecule has 0 saturated carbocycles. The van der Waals surface area contributed by atoms with Crippen molar-refractivity contribution in [2.24, 2.45) is 5.14 Å². The number of primary sulfonamides is 1. The lowest BCUT2D eigenvalue weighted by atomic mass is 10.2. The van der Waals surface area contributed by atoms with Gasteiger partial charge >= 0.3 is 0 Å². The number of aliphatic hydroxyl groups excluding tert-OH is 1. The van der Waals surface area contributed by atoms with Crippen molar-refractivity contribution >= 4 is 21.5 Å². The smallest absolute Gasteiger partial charge is 0.238 e. The van der Waals surface area contributed by atoms with E-state index in [-0.39, 0.29) is 11.5 Å². The summed E-state index contributed by atoms with van der Waals surface area (Å²) in [6.45, 7) is 0.254. The molecule has 0 amide bonds. The highest BCUT2D eigenvalue weighted by molar-refractivity contribution is 7.89. The Bertz CT molecular complexity index is 1230. The molecule has 3 heterocycles. The lowest BCUT2D eigenvalue weighted by Gasteiger charge is -2.08. The van der Waals surface area contributed by atoms with Crippen LogP contribution in [0.25, 0.3) is 17.1 Å². The fourth-order valence-electron chi connectivity index (χ4n) is 2.81. The van der Waals surface area contributed by atoms with Gasteiger partial charge in [0.15, 0.2) is 17.2 Å². The van der Waals surface area contributed by atoms with Gasteiger partial charge in [-0.1, -0.05) is 12.1 Å². The number of fused-ring (bicyclic) bond motifs is 1. The summed E-state index contributed by atoms with van der Waals surface area (Å²) in [6.07, 6.45) is 5.08. The van der Waals surface area contributed by atoms with Crippen LogP contribution >= 0.6 is 0 Å². The SMILES string of the molecule is NS(=O)(=O)c1ccc(CNc2nccn3c(-c4ccc(CO)o4)cnc23)cc1. The van der Waals surface area contributed by atoms with Crippen LogP contribution in [0.15, 0.2) is 64.3 Å². The Kier molecular flexibility index (Phi) is 4.59. The van der Waals surface area contributed by atoms with Gasteiger partial charge < -0.3 is 14.8 Å². The quantitative estimate of drug-likeness (QED) is 0.449. The molecule has 4 rings (SSSR count). The van der Waals surface area contributed by atoms with E-state index in [4.69, 9.17) is 14.7 Å². The number of anilines is 1. The van der Waals surface area contributed by atoms with Crippen LogP contribution in [0.2, 0.25) is 0 Å². The van der Waals surface area contributed by atoms with Gasteiger partial charge in [0.25, 0.3) is 0 Å². The predicted molar refractivity (Wildman–Crippen MR) is 102 cm³/mol. The van der Waals surface area contributed by atoms with Crippen LogP contribution in [0.1, 0.15) is 11.3 Å². The summed E-state index contributed by atoms with van der Waals surface area (Å²) >= 11 is 0. The van der Waals surface area contributed by atoms with E-state index in [0.29, 0.717) is 29.5 Å². The average molecular weight is 399 g/mol. The van der Waals surface area contributed by atoms with Crippen molar-refractivity contribution in [2.45, 2.75) is 18.0 Å². The Morgan fingerprint density at radius 3 is 2.61 bits per heavy atom. The van der Waals surface area contributed by atoms with Gasteiger partial charge in [-0.05, 0) is 29.8 Å². The maximum Gasteiger partial charge on any atom is 0.238 e. The Labute approximate surface area is 160 Å². The summed E-state index contributed by atoms with van der Waals surface area (Å²) in [5.41, 5.74) is 2.21. The number of aromatic nitrogens is 3. The highest BCUT2D eigenvalue weighted by Gasteiger charge is 2.13. The van der Waals surface area contributed by atoms with Crippen LogP contribution < -0.4 is 10.5 Å². The minimum Gasteiger partial charge on any atom is -0.457 e. The molecule has 0 radical (unpaired) electrons. The fraction of sp³-hybridized carbons (Fsp3) is 0.111. The summed E-state index contributed by atoms with van der Waals surface area (Å²) in [5, 5.41) is 17.5. The molecular weight excluding hydrogens is 382 g/mol. The first-order valence-electron chi connectivity index (χ1n) is 8.33. The molecule has 0 bridgehead atoms. The first kappa shape index (κ1) is 18.2. The number of rotatable bonds is 6. The summed E-state index contributed by atoms with van der Waals surface area (Å²) in [5.74, 6) is 1.63. The number of sulfonamides is 1.